The monoisotopic (exact) mass is 289 g/mol. The second-order valence-corrected chi connectivity index (χ2v) is 5.29. The van der Waals surface area contributed by atoms with Crippen molar-refractivity contribution < 1.29 is 9.59 Å². The van der Waals surface area contributed by atoms with Crippen LogP contribution in [0, 0.1) is 11.3 Å². The van der Waals surface area contributed by atoms with E-state index in [2.05, 4.69) is 6.07 Å². The second kappa shape index (κ2) is 6.44. The van der Waals surface area contributed by atoms with Crippen molar-refractivity contribution in [1.29, 1.82) is 5.26 Å². The number of carbonyl (C=O) groups excluding carboxylic acids is 2. The number of anilines is 1. The molecule has 0 unspecified atom stereocenters. The fourth-order valence-corrected chi connectivity index (χ4v) is 2.59. The molecule has 1 aliphatic heterocycles. The molecule has 1 aromatic carbocycles. The highest BCUT2D eigenvalue weighted by Gasteiger charge is 2.28. The molecular weight excluding hydrogens is 274 g/mol. The number of piperazine rings is 1. The van der Waals surface area contributed by atoms with Gasteiger partial charge in [-0.25, -0.2) is 0 Å². The Hall–Kier alpha value is -2.00. The number of thioether (sulfide) groups is 1. The lowest BCUT2D eigenvalue weighted by atomic mass is 10.1. The van der Waals surface area contributed by atoms with Crippen LogP contribution in [0.1, 0.15) is 5.56 Å². The number of para-hydroxylation sites is 1. The third kappa shape index (κ3) is 2.94. The van der Waals surface area contributed by atoms with Gasteiger partial charge in [-0.15, -0.1) is 0 Å². The van der Waals surface area contributed by atoms with E-state index in [4.69, 9.17) is 5.26 Å². The van der Waals surface area contributed by atoms with E-state index in [9.17, 15) is 9.59 Å². The lowest BCUT2D eigenvalue weighted by Gasteiger charge is -2.34. The molecule has 20 heavy (non-hydrogen) atoms. The van der Waals surface area contributed by atoms with Crippen LogP contribution in [0.25, 0.3) is 0 Å². The number of rotatable bonds is 3. The third-order valence-corrected chi connectivity index (χ3v) is 3.69. The Kier molecular flexibility index (Phi) is 4.64. The minimum atomic E-state index is -0.145. The van der Waals surface area contributed by atoms with Gasteiger partial charge in [-0.05, 0) is 18.4 Å². The molecule has 1 aromatic rings. The predicted octanol–water partition coefficient (Wildman–Crippen LogP) is 1.10. The SMILES string of the molecule is CSCC(=O)N1CCN(c2ccccc2C#N)C(=O)C1. The maximum Gasteiger partial charge on any atom is 0.246 e. The second-order valence-electron chi connectivity index (χ2n) is 4.42. The van der Waals surface area contributed by atoms with Crippen molar-refractivity contribution in [3.05, 3.63) is 29.8 Å². The van der Waals surface area contributed by atoms with Crippen LogP contribution in [-0.2, 0) is 9.59 Å². The van der Waals surface area contributed by atoms with Gasteiger partial charge in [0, 0.05) is 13.1 Å². The standard InChI is InChI=1S/C14H15N3O2S/c1-20-10-14(19)16-6-7-17(13(18)9-16)12-5-3-2-4-11(12)8-15/h2-5H,6-7,9-10H2,1H3. The number of nitrogens with zero attached hydrogens (tertiary/aromatic N) is 3. The van der Waals surface area contributed by atoms with Gasteiger partial charge >= 0.3 is 0 Å². The van der Waals surface area contributed by atoms with Crippen molar-refractivity contribution in [3.63, 3.8) is 0 Å². The zero-order chi connectivity index (χ0) is 14.5. The van der Waals surface area contributed by atoms with Crippen LogP contribution in [0.3, 0.4) is 0 Å². The van der Waals surface area contributed by atoms with Crippen LogP contribution in [0.4, 0.5) is 5.69 Å². The van der Waals surface area contributed by atoms with E-state index in [0.717, 1.165) is 0 Å². The molecule has 0 aliphatic carbocycles. The van der Waals surface area contributed by atoms with Gasteiger partial charge in [0.15, 0.2) is 0 Å². The number of benzene rings is 1. The van der Waals surface area contributed by atoms with Gasteiger partial charge in [-0.1, -0.05) is 12.1 Å². The van der Waals surface area contributed by atoms with Crippen LogP contribution in [-0.4, -0.2) is 48.4 Å². The highest BCUT2D eigenvalue weighted by molar-refractivity contribution is 7.99. The summed E-state index contributed by atoms with van der Waals surface area (Å²) in [5, 5.41) is 9.09. The molecule has 0 radical (unpaired) electrons. The van der Waals surface area contributed by atoms with E-state index in [1.165, 1.54) is 11.8 Å². The third-order valence-electron chi connectivity index (χ3n) is 3.16. The smallest absolute Gasteiger partial charge is 0.246 e. The topological polar surface area (TPSA) is 64.4 Å². The highest BCUT2D eigenvalue weighted by atomic mass is 32.2. The predicted molar refractivity (Wildman–Crippen MR) is 78.5 cm³/mol. The normalized spacial score (nSPS) is 15.1. The van der Waals surface area contributed by atoms with E-state index in [-0.39, 0.29) is 18.4 Å². The van der Waals surface area contributed by atoms with Crippen LogP contribution in [0.15, 0.2) is 24.3 Å². The molecule has 1 aliphatic rings. The zero-order valence-corrected chi connectivity index (χ0v) is 12.0. The number of amides is 2. The van der Waals surface area contributed by atoms with Crippen molar-refractivity contribution in [3.8, 4) is 6.07 Å². The van der Waals surface area contributed by atoms with E-state index in [0.29, 0.717) is 30.1 Å². The minimum absolute atomic E-state index is 0.0148. The number of carbonyl (C=O) groups is 2. The Labute approximate surface area is 122 Å². The molecule has 1 heterocycles. The summed E-state index contributed by atoms with van der Waals surface area (Å²) in [4.78, 5) is 27.1. The molecule has 0 bridgehead atoms. The molecule has 1 saturated heterocycles. The van der Waals surface area contributed by atoms with Gasteiger partial charge < -0.3 is 9.80 Å². The first-order chi connectivity index (χ1) is 9.67. The summed E-state index contributed by atoms with van der Waals surface area (Å²) in [5.74, 6) is 0.231. The molecule has 6 heteroatoms. The van der Waals surface area contributed by atoms with Crippen LogP contribution < -0.4 is 4.90 Å². The van der Waals surface area contributed by atoms with Crippen LogP contribution in [0.5, 0.6) is 0 Å². The number of nitriles is 1. The molecule has 0 atom stereocenters. The molecular formula is C14H15N3O2S. The van der Waals surface area contributed by atoms with Crippen LogP contribution >= 0.6 is 11.8 Å². The molecule has 104 valence electrons. The first-order valence-electron chi connectivity index (χ1n) is 6.23. The van der Waals surface area contributed by atoms with E-state index in [1.807, 2.05) is 6.26 Å². The molecule has 0 spiro atoms. The summed E-state index contributed by atoms with van der Waals surface area (Å²) in [6.07, 6.45) is 1.86. The van der Waals surface area contributed by atoms with Crippen LogP contribution in [0.2, 0.25) is 0 Å². The van der Waals surface area contributed by atoms with Gasteiger partial charge in [0.1, 0.15) is 12.6 Å². The number of hydrogen-bond acceptors (Lipinski definition) is 4. The first kappa shape index (κ1) is 14.4. The molecule has 2 rings (SSSR count). The average Bonchev–Trinajstić information content (AvgIpc) is 2.47. The fraction of sp³-hybridized carbons (Fsp3) is 0.357. The van der Waals surface area contributed by atoms with E-state index < -0.39 is 0 Å². The Morgan fingerprint density at radius 2 is 2.15 bits per heavy atom. The molecule has 0 saturated carbocycles. The van der Waals surface area contributed by atoms with Gasteiger partial charge in [-0.3, -0.25) is 9.59 Å². The summed E-state index contributed by atoms with van der Waals surface area (Å²) in [6, 6.07) is 9.11. The van der Waals surface area contributed by atoms with Crippen molar-refractivity contribution in [2.24, 2.45) is 0 Å². The summed E-state index contributed by atoms with van der Waals surface area (Å²) >= 11 is 1.45. The van der Waals surface area contributed by atoms with Gasteiger partial charge in [0.05, 0.1) is 17.0 Å². The average molecular weight is 289 g/mol. The molecule has 1 fully saturated rings. The molecule has 0 N–H and O–H groups in total. The Morgan fingerprint density at radius 3 is 2.80 bits per heavy atom. The van der Waals surface area contributed by atoms with Gasteiger partial charge in [-0.2, -0.15) is 17.0 Å². The van der Waals surface area contributed by atoms with E-state index >= 15 is 0 Å². The summed E-state index contributed by atoms with van der Waals surface area (Å²) in [6.45, 7) is 1.02. The van der Waals surface area contributed by atoms with Gasteiger partial charge in [0.25, 0.3) is 0 Å². The quantitative estimate of drug-likeness (QED) is 0.836. The highest BCUT2D eigenvalue weighted by Crippen LogP contribution is 2.21. The van der Waals surface area contributed by atoms with Crippen molar-refractivity contribution in [1.82, 2.24) is 4.90 Å². The Bertz CT molecular complexity index is 568. The molecule has 5 nitrogen and oxygen atoms in total. The van der Waals surface area contributed by atoms with Crippen molar-refractivity contribution in [2.45, 2.75) is 0 Å². The molecule has 2 amide bonds. The summed E-state index contributed by atoms with van der Waals surface area (Å²) < 4.78 is 0. The Balaban J connectivity index is 2.13. The maximum atomic E-state index is 12.2. The Morgan fingerprint density at radius 1 is 1.40 bits per heavy atom. The fourth-order valence-electron chi connectivity index (χ4n) is 2.16. The minimum Gasteiger partial charge on any atom is -0.331 e. The largest absolute Gasteiger partial charge is 0.331 e. The van der Waals surface area contributed by atoms with E-state index in [1.54, 1.807) is 34.1 Å². The summed E-state index contributed by atoms with van der Waals surface area (Å²) in [5.41, 5.74) is 1.10. The maximum absolute atomic E-state index is 12.2. The van der Waals surface area contributed by atoms with Crippen molar-refractivity contribution >= 4 is 29.3 Å². The lowest BCUT2D eigenvalue weighted by Crippen LogP contribution is -2.53. The zero-order valence-electron chi connectivity index (χ0n) is 11.2. The summed E-state index contributed by atoms with van der Waals surface area (Å²) in [7, 11) is 0. The molecule has 0 aromatic heterocycles. The van der Waals surface area contributed by atoms with Gasteiger partial charge in [0.2, 0.25) is 11.8 Å². The lowest BCUT2D eigenvalue weighted by molar-refractivity contribution is -0.134. The number of hydrogen-bond donors (Lipinski definition) is 0. The van der Waals surface area contributed by atoms with Crippen molar-refractivity contribution in [2.75, 3.05) is 36.5 Å². The first-order valence-corrected chi connectivity index (χ1v) is 7.63.